The van der Waals surface area contributed by atoms with Crippen LogP contribution in [0.4, 0.5) is 0 Å². The van der Waals surface area contributed by atoms with E-state index in [4.69, 9.17) is 9.05 Å². The second kappa shape index (κ2) is 20.8. The van der Waals surface area contributed by atoms with Crippen molar-refractivity contribution in [1.82, 2.24) is 20.4 Å². The zero-order valence-electron chi connectivity index (χ0n) is 31.5. The Labute approximate surface area is 308 Å². The second-order valence-electron chi connectivity index (χ2n) is 13.5. The molecule has 0 aliphatic heterocycles. The number of nitrogens with one attached hydrogen (secondary N) is 2. The normalized spacial score (nSPS) is 13.9. The van der Waals surface area contributed by atoms with Crippen molar-refractivity contribution in [1.29, 1.82) is 0 Å². The summed E-state index contributed by atoms with van der Waals surface area (Å²) < 4.78 is 24.1. The minimum Gasteiger partial charge on any atom is -0.481 e. The number of amides is 4. The predicted molar refractivity (Wildman–Crippen MR) is 199 cm³/mol. The van der Waals surface area contributed by atoms with Crippen LogP contribution < -0.4 is 10.6 Å². The maximum absolute atomic E-state index is 14.2. The van der Waals surface area contributed by atoms with Crippen LogP contribution >= 0.6 is 7.60 Å². The van der Waals surface area contributed by atoms with Gasteiger partial charge in [0.2, 0.25) is 23.6 Å². The van der Waals surface area contributed by atoms with Gasteiger partial charge in [-0.05, 0) is 50.2 Å². The van der Waals surface area contributed by atoms with Gasteiger partial charge in [-0.1, -0.05) is 88.4 Å². The molecule has 1 radical (unpaired) electrons. The van der Waals surface area contributed by atoms with Gasteiger partial charge in [0, 0.05) is 26.6 Å². The lowest BCUT2D eigenvalue weighted by Gasteiger charge is -2.38. The van der Waals surface area contributed by atoms with E-state index >= 15 is 0 Å². The van der Waals surface area contributed by atoms with Gasteiger partial charge in [-0.3, -0.25) is 28.5 Å². The number of carboxylic acids is 1. The molecule has 0 aromatic heterocycles. The van der Waals surface area contributed by atoms with Crippen molar-refractivity contribution in [2.24, 2.45) is 11.8 Å². The molecule has 3 atom stereocenters. The third-order valence-electron chi connectivity index (χ3n) is 8.35. The van der Waals surface area contributed by atoms with Crippen molar-refractivity contribution >= 4 is 37.2 Å². The molecule has 52 heavy (non-hydrogen) atoms. The van der Waals surface area contributed by atoms with Crippen LogP contribution in [0.1, 0.15) is 72.4 Å². The fraction of sp³-hybridized carbons (Fsp3) is 0.526. The fourth-order valence-electron chi connectivity index (χ4n) is 6.04. The summed E-state index contributed by atoms with van der Waals surface area (Å²) in [7, 11) is -3.85. The molecule has 2 aromatic carbocycles. The number of carbonyl (C=O) groups excluding carboxylic acids is 4. The van der Waals surface area contributed by atoms with Gasteiger partial charge in [-0.2, -0.15) is 0 Å². The molecule has 14 heteroatoms. The standard InChI is InChI=1S/C38H56N4O9P/c1-9-50-52(49,51-10-2)26-32(44)42(25-31-19-15-12-16-20-31)35(28(5)6)37(48)40-38(8,23-33(45)46)21-22-39-36(47)34(27(3)4)41(29(7)43)24-30-17-13-11-14-18-30/h11-20,27-28,34-35H,8-10,21-26H2,1-7H3,(H,39,47)(H,40,48)(H,45,46). The molecule has 0 saturated carbocycles. The monoisotopic (exact) mass is 743 g/mol. The number of hydrogen-bond donors (Lipinski definition) is 3. The summed E-state index contributed by atoms with van der Waals surface area (Å²) in [5.41, 5.74) is -0.0400. The van der Waals surface area contributed by atoms with E-state index in [0.29, 0.717) is 5.56 Å². The topological polar surface area (TPSA) is 172 Å². The predicted octanol–water partition coefficient (Wildman–Crippen LogP) is 5.05. The molecule has 0 heterocycles. The van der Waals surface area contributed by atoms with Crippen LogP contribution in [0.3, 0.4) is 0 Å². The lowest BCUT2D eigenvalue weighted by Crippen LogP contribution is -2.59. The Kier molecular flexibility index (Phi) is 17.7. The number of nitrogens with zero attached hydrogens (tertiary/aromatic N) is 2. The first-order valence-corrected chi connectivity index (χ1v) is 19.4. The van der Waals surface area contributed by atoms with E-state index < -0.39 is 67.4 Å². The Morgan fingerprint density at radius 3 is 1.69 bits per heavy atom. The van der Waals surface area contributed by atoms with Crippen molar-refractivity contribution in [2.45, 2.75) is 92.0 Å². The third kappa shape index (κ3) is 13.8. The van der Waals surface area contributed by atoms with E-state index in [1.807, 2.05) is 50.2 Å². The van der Waals surface area contributed by atoms with Gasteiger partial charge in [0.05, 0.1) is 25.2 Å². The molecule has 13 nitrogen and oxygen atoms in total. The van der Waals surface area contributed by atoms with Crippen LogP contribution in [0.25, 0.3) is 0 Å². The molecule has 0 fully saturated rings. The number of rotatable bonds is 22. The molecule has 0 bridgehead atoms. The first kappa shape index (κ1) is 44.1. The zero-order valence-corrected chi connectivity index (χ0v) is 32.4. The van der Waals surface area contributed by atoms with E-state index in [2.05, 4.69) is 17.6 Å². The van der Waals surface area contributed by atoms with E-state index in [-0.39, 0.29) is 51.1 Å². The molecule has 287 valence electrons. The van der Waals surface area contributed by atoms with Crippen LogP contribution in [-0.4, -0.2) is 88.0 Å². The summed E-state index contributed by atoms with van der Waals surface area (Å²) in [5.74, 6) is -4.00. The van der Waals surface area contributed by atoms with Crippen molar-refractivity contribution in [3.63, 3.8) is 0 Å². The maximum Gasteiger partial charge on any atom is 0.340 e. The average Bonchev–Trinajstić information content (AvgIpc) is 3.04. The number of benzene rings is 2. The zero-order chi connectivity index (χ0) is 39.1. The Balaban J connectivity index is 2.35. The molecule has 3 unspecified atom stereocenters. The molecule has 3 N–H and O–H groups in total. The average molecular weight is 744 g/mol. The third-order valence-corrected chi connectivity index (χ3v) is 10.3. The van der Waals surface area contributed by atoms with Crippen LogP contribution in [0.15, 0.2) is 60.7 Å². The van der Waals surface area contributed by atoms with Gasteiger partial charge >= 0.3 is 13.6 Å². The Hall–Kier alpha value is -4.06. The van der Waals surface area contributed by atoms with Crippen LogP contribution in [-0.2, 0) is 50.7 Å². The molecule has 2 rings (SSSR count). The molecular formula is C38H56N4O9P. The van der Waals surface area contributed by atoms with E-state index in [0.717, 1.165) is 5.56 Å². The molecule has 0 saturated heterocycles. The summed E-state index contributed by atoms with van der Waals surface area (Å²) in [6.07, 6.45) is -1.27. The summed E-state index contributed by atoms with van der Waals surface area (Å²) in [6.45, 7) is 16.1. The smallest absolute Gasteiger partial charge is 0.340 e. The van der Waals surface area contributed by atoms with Crippen LogP contribution in [0.2, 0.25) is 0 Å². The maximum atomic E-state index is 14.2. The summed E-state index contributed by atoms with van der Waals surface area (Å²) >= 11 is 0. The molecular weight excluding hydrogens is 687 g/mol. The van der Waals surface area contributed by atoms with Gasteiger partial charge in [-0.15, -0.1) is 0 Å². The van der Waals surface area contributed by atoms with Crippen molar-refractivity contribution in [3.05, 3.63) is 78.7 Å². The Bertz CT molecular complexity index is 1510. The minimum absolute atomic E-state index is 0.0143. The van der Waals surface area contributed by atoms with E-state index in [1.165, 1.54) is 16.7 Å². The largest absolute Gasteiger partial charge is 0.481 e. The van der Waals surface area contributed by atoms with Crippen LogP contribution in [0.5, 0.6) is 0 Å². The number of aliphatic carboxylic acids is 1. The fourth-order valence-corrected chi connectivity index (χ4v) is 7.60. The van der Waals surface area contributed by atoms with Crippen LogP contribution in [0, 0.1) is 18.8 Å². The SMILES string of the molecule is [CH2]C(CCNC(=O)C(C(C)C)N(Cc1ccccc1)C(C)=O)(CC(=O)O)NC(=O)C(C(C)C)N(Cc1ccccc1)C(=O)CP(=O)(OCC)OCC. The van der Waals surface area contributed by atoms with Crippen molar-refractivity contribution in [2.75, 3.05) is 25.9 Å². The molecule has 2 aromatic rings. The Morgan fingerprint density at radius 1 is 0.808 bits per heavy atom. The first-order valence-electron chi connectivity index (χ1n) is 17.6. The number of carboxylic acid groups (broad SMARTS) is 1. The minimum atomic E-state index is -3.85. The number of carbonyl (C=O) groups is 5. The van der Waals surface area contributed by atoms with Gasteiger partial charge in [0.15, 0.2) is 0 Å². The molecule has 4 amide bonds. The molecule has 0 aliphatic rings. The quantitative estimate of drug-likeness (QED) is 0.140. The van der Waals surface area contributed by atoms with Crippen molar-refractivity contribution in [3.8, 4) is 0 Å². The molecule has 0 spiro atoms. The van der Waals surface area contributed by atoms with E-state index in [1.54, 1.807) is 52.0 Å². The summed E-state index contributed by atoms with van der Waals surface area (Å²) in [4.78, 5) is 69.2. The van der Waals surface area contributed by atoms with Gasteiger partial charge < -0.3 is 34.6 Å². The highest BCUT2D eigenvalue weighted by atomic mass is 31.2. The Morgan fingerprint density at radius 2 is 1.27 bits per heavy atom. The van der Waals surface area contributed by atoms with E-state index in [9.17, 15) is 33.6 Å². The highest BCUT2D eigenvalue weighted by molar-refractivity contribution is 7.54. The summed E-state index contributed by atoms with van der Waals surface area (Å²) in [5, 5.41) is 15.4. The van der Waals surface area contributed by atoms with Gasteiger partial charge in [0.1, 0.15) is 18.2 Å². The van der Waals surface area contributed by atoms with Gasteiger partial charge in [0.25, 0.3) is 0 Å². The number of hydrogen-bond acceptors (Lipinski definition) is 8. The summed E-state index contributed by atoms with van der Waals surface area (Å²) in [6, 6.07) is 16.3. The molecule has 0 aliphatic carbocycles. The van der Waals surface area contributed by atoms with Gasteiger partial charge in [-0.25, -0.2) is 0 Å². The second-order valence-corrected chi connectivity index (χ2v) is 15.6. The lowest BCUT2D eigenvalue weighted by atomic mass is 9.91. The lowest BCUT2D eigenvalue weighted by molar-refractivity contribution is -0.143. The highest BCUT2D eigenvalue weighted by Crippen LogP contribution is 2.48. The van der Waals surface area contributed by atoms with Crippen molar-refractivity contribution < 1.29 is 42.7 Å². The first-order chi connectivity index (χ1) is 24.5. The highest BCUT2D eigenvalue weighted by Gasteiger charge is 2.40.